The first-order valence-corrected chi connectivity index (χ1v) is 8.91. The van der Waals surface area contributed by atoms with E-state index >= 15 is 0 Å². The van der Waals surface area contributed by atoms with Crippen LogP contribution in [0.3, 0.4) is 0 Å². The van der Waals surface area contributed by atoms with E-state index in [4.69, 9.17) is 0 Å². The topological polar surface area (TPSA) is 49.3 Å². The maximum atomic E-state index is 12.3. The summed E-state index contributed by atoms with van der Waals surface area (Å²) >= 11 is 1.51. The lowest BCUT2D eigenvalue weighted by Crippen LogP contribution is -2.32. The van der Waals surface area contributed by atoms with Crippen LogP contribution in [-0.4, -0.2) is 22.0 Å². The second-order valence-electron chi connectivity index (χ2n) is 5.36. The highest BCUT2D eigenvalue weighted by molar-refractivity contribution is 8.00. The first-order valence-electron chi connectivity index (χ1n) is 7.87. The molecule has 2 unspecified atom stereocenters. The van der Waals surface area contributed by atoms with Crippen LogP contribution in [0.25, 0.3) is 0 Å². The molecule has 23 heavy (non-hydrogen) atoms. The fraction of sp³-hybridized carbons (Fsp3) is 0.316. The predicted octanol–water partition coefficient (Wildman–Crippen LogP) is 3.55. The fourth-order valence-corrected chi connectivity index (χ4v) is 3.33. The van der Waals surface area contributed by atoms with Crippen LogP contribution in [0.4, 0.5) is 0 Å². The Morgan fingerprint density at radius 2 is 1.70 bits per heavy atom. The summed E-state index contributed by atoms with van der Waals surface area (Å²) in [7, 11) is 0. The SMILES string of the molecule is CCC(SCC(O)c1ccccc1)C(=O)NCc1ccccc1. The van der Waals surface area contributed by atoms with E-state index in [1.54, 1.807) is 0 Å². The number of carbonyl (C=O) groups excluding carboxylic acids is 1. The second kappa shape index (κ2) is 9.38. The molecule has 2 aromatic rings. The van der Waals surface area contributed by atoms with Gasteiger partial charge in [-0.25, -0.2) is 0 Å². The normalized spacial score (nSPS) is 13.3. The van der Waals surface area contributed by atoms with Gasteiger partial charge in [0.2, 0.25) is 5.91 Å². The fourth-order valence-electron chi connectivity index (χ4n) is 2.26. The molecule has 0 bridgehead atoms. The van der Waals surface area contributed by atoms with E-state index in [0.717, 1.165) is 17.5 Å². The summed E-state index contributed by atoms with van der Waals surface area (Å²) in [6.07, 6.45) is 0.199. The molecule has 2 atom stereocenters. The number of nitrogens with one attached hydrogen (secondary N) is 1. The Balaban J connectivity index is 1.81. The third-order valence-corrected chi connectivity index (χ3v) is 5.07. The molecule has 0 saturated carbocycles. The van der Waals surface area contributed by atoms with Crippen molar-refractivity contribution in [3.05, 3.63) is 71.8 Å². The highest BCUT2D eigenvalue weighted by atomic mass is 32.2. The highest BCUT2D eigenvalue weighted by Gasteiger charge is 2.18. The molecule has 2 N–H and O–H groups in total. The first kappa shape index (κ1) is 17.6. The van der Waals surface area contributed by atoms with Crippen LogP contribution in [-0.2, 0) is 11.3 Å². The monoisotopic (exact) mass is 329 g/mol. The van der Waals surface area contributed by atoms with Gasteiger partial charge in [-0.1, -0.05) is 67.6 Å². The van der Waals surface area contributed by atoms with Crippen molar-refractivity contribution in [3.8, 4) is 0 Å². The van der Waals surface area contributed by atoms with Crippen molar-refractivity contribution in [1.29, 1.82) is 0 Å². The van der Waals surface area contributed by atoms with Crippen molar-refractivity contribution in [3.63, 3.8) is 0 Å². The lowest BCUT2D eigenvalue weighted by Gasteiger charge is -2.17. The molecule has 1 amide bonds. The standard InChI is InChI=1S/C19H23NO2S/c1-2-18(19(22)20-13-15-9-5-3-6-10-15)23-14-17(21)16-11-7-4-8-12-16/h3-12,17-18,21H,2,13-14H2,1H3,(H,20,22). The van der Waals surface area contributed by atoms with Crippen molar-refractivity contribution >= 4 is 17.7 Å². The van der Waals surface area contributed by atoms with Gasteiger partial charge in [0.15, 0.2) is 0 Å². The average Bonchev–Trinajstić information content (AvgIpc) is 2.62. The summed E-state index contributed by atoms with van der Waals surface area (Å²) in [5.74, 6) is 0.544. The number of aliphatic hydroxyl groups is 1. The molecule has 0 fully saturated rings. The number of carbonyl (C=O) groups is 1. The van der Waals surface area contributed by atoms with E-state index < -0.39 is 6.10 Å². The van der Waals surface area contributed by atoms with Crippen molar-refractivity contribution < 1.29 is 9.90 Å². The number of rotatable bonds is 8. The van der Waals surface area contributed by atoms with E-state index in [1.807, 2.05) is 67.6 Å². The zero-order valence-corrected chi connectivity index (χ0v) is 14.1. The average molecular weight is 329 g/mol. The molecule has 0 heterocycles. The van der Waals surface area contributed by atoms with E-state index in [1.165, 1.54) is 11.8 Å². The Morgan fingerprint density at radius 3 is 2.30 bits per heavy atom. The summed E-state index contributed by atoms with van der Waals surface area (Å²) in [5, 5.41) is 13.0. The molecule has 0 aliphatic rings. The minimum atomic E-state index is -0.544. The number of hydrogen-bond donors (Lipinski definition) is 2. The number of thioether (sulfide) groups is 1. The van der Waals surface area contributed by atoms with Gasteiger partial charge < -0.3 is 10.4 Å². The van der Waals surface area contributed by atoms with Gasteiger partial charge in [0, 0.05) is 12.3 Å². The molecule has 0 aromatic heterocycles. The molecule has 0 spiro atoms. The summed E-state index contributed by atoms with van der Waals surface area (Å²) in [6.45, 7) is 2.53. The Kier molecular flexibility index (Phi) is 7.17. The molecule has 4 heteroatoms. The minimum Gasteiger partial charge on any atom is -0.388 e. The van der Waals surface area contributed by atoms with Crippen LogP contribution >= 0.6 is 11.8 Å². The van der Waals surface area contributed by atoms with Crippen LogP contribution in [0.15, 0.2) is 60.7 Å². The third kappa shape index (κ3) is 5.73. The van der Waals surface area contributed by atoms with E-state index in [2.05, 4.69) is 5.32 Å². The van der Waals surface area contributed by atoms with Gasteiger partial charge in [-0.05, 0) is 17.5 Å². The van der Waals surface area contributed by atoms with Crippen molar-refractivity contribution in [1.82, 2.24) is 5.32 Å². The van der Waals surface area contributed by atoms with Gasteiger partial charge >= 0.3 is 0 Å². The summed E-state index contributed by atoms with van der Waals surface area (Å²) < 4.78 is 0. The van der Waals surface area contributed by atoms with Crippen molar-refractivity contribution in [2.24, 2.45) is 0 Å². The van der Waals surface area contributed by atoms with Crippen LogP contribution in [0.5, 0.6) is 0 Å². The largest absolute Gasteiger partial charge is 0.388 e. The number of hydrogen-bond acceptors (Lipinski definition) is 3. The van der Waals surface area contributed by atoms with Crippen molar-refractivity contribution in [2.75, 3.05) is 5.75 Å². The summed E-state index contributed by atoms with van der Waals surface area (Å²) in [6, 6.07) is 19.4. The van der Waals surface area contributed by atoms with E-state index in [9.17, 15) is 9.90 Å². The van der Waals surface area contributed by atoms with Gasteiger partial charge in [-0.2, -0.15) is 0 Å². The Morgan fingerprint density at radius 1 is 1.09 bits per heavy atom. The van der Waals surface area contributed by atoms with E-state index in [0.29, 0.717) is 12.3 Å². The third-order valence-electron chi connectivity index (χ3n) is 3.61. The zero-order chi connectivity index (χ0) is 16.5. The number of benzene rings is 2. The Labute approximate surface area is 142 Å². The van der Waals surface area contributed by atoms with Crippen LogP contribution in [0, 0.1) is 0 Å². The van der Waals surface area contributed by atoms with Gasteiger partial charge in [-0.3, -0.25) is 4.79 Å². The molecule has 0 radical (unpaired) electrons. The molecule has 0 saturated heterocycles. The minimum absolute atomic E-state index is 0.0293. The first-order chi connectivity index (χ1) is 11.2. The van der Waals surface area contributed by atoms with Gasteiger partial charge in [0.05, 0.1) is 11.4 Å². The lowest BCUT2D eigenvalue weighted by molar-refractivity contribution is -0.120. The highest BCUT2D eigenvalue weighted by Crippen LogP contribution is 2.23. The van der Waals surface area contributed by atoms with Gasteiger partial charge in [0.1, 0.15) is 0 Å². The Bertz CT molecular complexity index is 589. The maximum absolute atomic E-state index is 12.3. The van der Waals surface area contributed by atoms with Gasteiger partial charge in [0.25, 0.3) is 0 Å². The molecule has 3 nitrogen and oxygen atoms in total. The van der Waals surface area contributed by atoms with Crippen molar-refractivity contribution in [2.45, 2.75) is 31.2 Å². The maximum Gasteiger partial charge on any atom is 0.233 e. The zero-order valence-electron chi connectivity index (χ0n) is 13.3. The van der Waals surface area contributed by atoms with Gasteiger partial charge in [-0.15, -0.1) is 11.8 Å². The molecular weight excluding hydrogens is 306 g/mol. The smallest absolute Gasteiger partial charge is 0.233 e. The van der Waals surface area contributed by atoms with E-state index in [-0.39, 0.29) is 11.2 Å². The van der Waals surface area contributed by atoms with Crippen LogP contribution in [0.1, 0.15) is 30.6 Å². The number of amides is 1. The Hall–Kier alpha value is -1.78. The van der Waals surface area contributed by atoms with Crippen LogP contribution < -0.4 is 5.32 Å². The predicted molar refractivity (Wildman–Crippen MR) is 96.2 cm³/mol. The van der Waals surface area contributed by atoms with Crippen LogP contribution in [0.2, 0.25) is 0 Å². The summed E-state index contributed by atoms with van der Waals surface area (Å²) in [5.41, 5.74) is 1.98. The molecule has 2 aromatic carbocycles. The summed E-state index contributed by atoms with van der Waals surface area (Å²) in [4.78, 5) is 12.3. The molecule has 2 rings (SSSR count). The molecule has 0 aliphatic carbocycles. The molecular formula is C19H23NO2S. The molecule has 0 aliphatic heterocycles. The quantitative estimate of drug-likeness (QED) is 0.779. The lowest BCUT2D eigenvalue weighted by atomic mass is 10.1. The molecule has 122 valence electrons. The number of aliphatic hydroxyl groups excluding tert-OH is 1. The second-order valence-corrected chi connectivity index (χ2v) is 6.60.